The molecule has 0 aliphatic heterocycles. The van der Waals surface area contributed by atoms with Crippen molar-refractivity contribution >= 4 is 17.9 Å². The van der Waals surface area contributed by atoms with E-state index in [0.29, 0.717) is 19.3 Å². The van der Waals surface area contributed by atoms with Crippen molar-refractivity contribution in [3.05, 3.63) is 24.3 Å². The molecule has 0 heterocycles. The quantitative estimate of drug-likeness (QED) is 0.0262. The summed E-state index contributed by atoms with van der Waals surface area (Å²) >= 11 is 0. The van der Waals surface area contributed by atoms with E-state index in [1.807, 2.05) is 0 Å². The third kappa shape index (κ3) is 50.7. The summed E-state index contributed by atoms with van der Waals surface area (Å²) in [5.41, 5.74) is 0. The maximum atomic E-state index is 12.8. The zero-order valence-electron chi connectivity index (χ0n) is 42.4. The lowest BCUT2D eigenvalue weighted by Crippen LogP contribution is -2.30. The van der Waals surface area contributed by atoms with Crippen molar-refractivity contribution in [2.75, 3.05) is 13.2 Å². The van der Waals surface area contributed by atoms with Gasteiger partial charge in [-0.15, -0.1) is 0 Å². The average Bonchev–Trinajstić information content (AvgIpc) is 3.28. The minimum Gasteiger partial charge on any atom is -0.462 e. The van der Waals surface area contributed by atoms with Gasteiger partial charge in [0.15, 0.2) is 6.10 Å². The first-order valence-electron chi connectivity index (χ1n) is 27.8. The molecular weight excluding hydrogens is 781 g/mol. The second-order valence-electron chi connectivity index (χ2n) is 18.8. The van der Waals surface area contributed by atoms with Crippen LogP contribution >= 0.6 is 0 Å². The maximum absolute atomic E-state index is 12.8. The first kappa shape index (κ1) is 60.9. The number of allylic oxidation sites excluding steroid dienone is 4. The van der Waals surface area contributed by atoms with Gasteiger partial charge in [-0.25, -0.2) is 0 Å². The molecule has 6 heteroatoms. The molecule has 0 aromatic rings. The Morgan fingerprint density at radius 2 is 0.524 bits per heavy atom. The zero-order chi connectivity index (χ0) is 45.8. The number of esters is 3. The monoisotopic (exact) mass is 887 g/mol. The van der Waals surface area contributed by atoms with Crippen LogP contribution in [0, 0.1) is 0 Å². The van der Waals surface area contributed by atoms with Gasteiger partial charge in [0.05, 0.1) is 0 Å². The Morgan fingerprint density at radius 1 is 0.302 bits per heavy atom. The molecule has 0 N–H and O–H groups in total. The fourth-order valence-electron chi connectivity index (χ4n) is 8.20. The van der Waals surface area contributed by atoms with Crippen LogP contribution in [0.3, 0.4) is 0 Å². The number of carbonyl (C=O) groups excluding carboxylic acids is 3. The summed E-state index contributed by atoms with van der Waals surface area (Å²) in [7, 11) is 0. The van der Waals surface area contributed by atoms with Gasteiger partial charge in [-0.3, -0.25) is 14.4 Å². The van der Waals surface area contributed by atoms with E-state index < -0.39 is 6.10 Å². The molecule has 0 aromatic carbocycles. The Labute approximate surface area is 392 Å². The van der Waals surface area contributed by atoms with Gasteiger partial charge in [0.25, 0.3) is 0 Å². The Morgan fingerprint density at radius 3 is 0.810 bits per heavy atom. The molecule has 370 valence electrons. The predicted molar refractivity (Wildman–Crippen MR) is 270 cm³/mol. The highest BCUT2D eigenvalue weighted by Gasteiger charge is 2.19. The summed E-state index contributed by atoms with van der Waals surface area (Å²) in [6.07, 6.45) is 60.2. The van der Waals surface area contributed by atoms with Crippen molar-refractivity contribution in [2.24, 2.45) is 0 Å². The lowest BCUT2D eigenvalue weighted by molar-refractivity contribution is -0.167. The first-order valence-corrected chi connectivity index (χ1v) is 27.8. The van der Waals surface area contributed by atoms with Crippen LogP contribution in [-0.2, 0) is 28.6 Å². The van der Waals surface area contributed by atoms with Gasteiger partial charge in [-0.1, -0.05) is 238 Å². The highest BCUT2D eigenvalue weighted by Crippen LogP contribution is 2.16. The van der Waals surface area contributed by atoms with Crippen LogP contribution in [0.2, 0.25) is 0 Å². The smallest absolute Gasteiger partial charge is 0.306 e. The lowest BCUT2D eigenvalue weighted by Gasteiger charge is -2.18. The van der Waals surface area contributed by atoms with Crippen molar-refractivity contribution in [3.63, 3.8) is 0 Å². The van der Waals surface area contributed by atoms with Crippen molar-refractivity contribution in [1.82, 2.24) is 0 Å². The van der Waals surface area contributed by atoms with E-state index in [1.54, 1.807) is 0 Å². The molecule has 0 saturated heterocycles. The molecule has 0 aliphatic carbocycles. The average molecular weight is 887 g/mol. The van der Waals surface area contributed by atoms with E-state index in [-0.39, 0.29) is 31.1 Å². The summed E-state index contributed by atoms with van der Waals surface area (Å²) in [6.45, 7) is 6.65. The summed E-state index contributed by atoms with van der Waals surface area (Å²) in [6, 6.07) is 0. The first-order chi connectivity index (χ1) is 31.0. The summed E-state index contributed by atoms with van der Waals surface area (Å²) < 4.78 is 16.8. The second kappa shape index (κ2) is 52.5. The largest absolute Gasteiger partial charge is 0.462 e. The van der Waals surface area contributed by atoms with Crippen LogP contribution in [0.5, 0.6) is 0 Å². The lowest BCUT2D eigenvalue weighted by atomic mass is 10.0. The van der Waals surface area contributed by atoms with Gasteiger partial charge >= 0.3 is 17.9 Å². The van der Waals surface area contributed by atoms with E-state index in [1.165, 1.54) is 199 Å². The van der Waals surface area contributed by atoms with E-state index in [4.69, 9.17) is 14.2 Å². The SMILES string of the molecule is CCCCCC/C=C\CCCCCCCC(=O)O[C@H](COC(=O)CCCCCCCCCCC/C=C\CCCCCCCC)COC(=O)CCCCCCCCCCCCCCC. The number of hydrogen-bond acceptors (Lipinski definition) is 6. The fraction of sp³-hybridized carbons (Fsp3) is 0.877. The highest BCUT2D eigenvalue weighted by molar-refractivity contribution is 5.71. The Balaban J connectivity index is 4.30. The molecule has 0 spiro atoms. The van der Waals surface area contributed by atoms with E-state index in [0.717, 1.165) is 64.2 Å². The van der Waals surface area contributed by atoms with Crippen LogP contribution in [-0.4, -0.2) is 37.2 Å². The normalized spacial score (nSPS) is 12.1. The molecule has 1 atom stereocenters. The zero-order valence-corrected chi connectivity index (χ0v) is 42.4. The predicted octanol–water partition coefficient (Wildman–Crippen LogP) is 18.3. The number of ether oxygens (including phenoxy) is 3. The maximum Gasteiger partial charge on any atom is 0.306 e. The summed E-state index contributed by atoms with van der Waals surface area (Å²) in [5.74, 6) is -0.866. The molecule has 0 amide bonds. The van der Waals surface area contributed by atoms with Gasteiger partial charge in [-0.05, 0) is 70.6 Å². The van der Waals surface area contributed by atoms with E-state index >= 15 is 0 Å². The van der Waals surface area contributed by atoms with Crippen molar-refractivity contribution in [2.45, 2.75) is 309 Å². The topological polar surface area (TPSA) is 78.9 Å². The fourth-order valence-corrected chi connectivity index (χ4v) is 8.20. The van der Waals surface area contributed by atoms with Crippen LogP contribution < -0.4 is 0 Å². The third-order valence-electron chi connectivity index (χ3n) is 12.4. The highest BCUT2D eigenvalue weighted by atomic mass is 16.6. The van der Waals surface area contributed by atoms with Gasteiger partial charge in [0.1, 0.15) is 13.2 Å². The van der Waals surface area contributed by atoms with Crippen molar-refractivity contribution in [3.8, 4) is 0 Å². The number of rotatable bonds is 51. The second-order valence-corrected chi connectivity index (χ2v) is 18.8. The van der Waals surface area contributed by atoms with Gasteiger partial charge in [-0.2, -0.15) is 0 Å². The standard InChI is InChI=1S/C57H106O6/c1-4-7-10-13-16-19-22-25-26-27-28-29-30-33-35-38-41-44-47-50-56(59)62-53-54(63-57(60)51-48-45-42-39-36-32-24-21-18-15-12-9-6-3)52-61-55(58)49-46-43-40-37-34-31-23-20-17-14-11-8-5-2/h21,24-26,54H,4-20,22-23,27-53H2,1-3H3/b24-21-,26-25-/t54-/m0/s1. The molecule has 0 rings (SSSR count). The molecule has 0 aromatic heterocycles. The van der Waals surface area contributed by atoms with Gasteiger partial charge in [0, 0.05) is 19.3 Å². The molecule has 0 radical (unpaired) electrons. The molecule has 0 saturated carbocycles. The van der Waals surface area contributed by atoms with Gasteiger partial charge < -0.3 is 14.2 Å². The summed E-state index contributed by atoms with van der Waals surface area (Å²) in [5, 5.41) is 0. The van der Waals surface area contributed by atoms with Crippen LogP contribution in [0.15, 0.2) is 24.3 Å². The molecule has 63 heavy (non-hydrogen) atoms. The number of unbranched alkanes of at least 4 members (excludes halogenated alkanes) is 36. The molecule has 0 unspecified atom stereocenters. The van der Waals surface area contributed by atoms with Crippen molar-refractivity contribution in [1.29, 1.82) is 0 Å². The Hall–Kier alpha value is -2.11. The minimum absolute atomic E-state index is 0.0711. The molecule has 0 bridgehead atoms. The van der Waals surface area contributed by atoms with E-state index in [9.17, 15) is 14.4 Å². The van der Waals surface area contributed by atoms with Crippen LogP contribution in [0.4, 0.5) is 0 Å². The Bertz CT molecular complexity index is 1020. The van der Waals surface area contributed by atoms with Crippen LogP contribution in [0.25, 0.3) is 0 Å². The number of hydrogen-bond donors (Lipinski definition) is 0. The molecule has 6 nitrogen and oxygen atoms in total. The number of carbonyl (C=O) groups is 3. The molecule has 0 fully saturated rings. The van der Waals surface area contributed by atoms with Gasteiger partial charge in [0.2, 0.25) is 0 Å². The third-order valence-corrected chi connectivity index (χ3v) is 12.4. The van der Waals surface area contributed by atoms with E-state index in [2.05, 4.69) is 45.1 Å². The van der Waals surface area contributed by atoms with Crippen molar-refractivity contribution < 1.29 is 28.6 Å². The molecular formula is C57H106O6. The summed E-state index contributed by atoms with van der Waals surface area (Å²) in [4.78, 5) is 38.0. The van der Waals surface area contributed by atoms with Crippen LogP contribution in [0.1, 0.15) is 303 Å². The minimum atomic E-state index is -0.771. The Kier molecular flexibility index (Phi) is 50.8. The molecule has 0 aliphatic rings.